The van der Waals surface area contributed by atoms with Gasteiger partial charge in [-0.1, -0.05) is 13.8 Å². The van der Waals surface area contributed by atoms with Crippen LogP contribution in [0.3, 0.4) is 0 Å². The summed E-state index contributed by atoms with van der Waals surface area (Å²) in [7, 11) is -4.45. The van der Waals surface area contributed by atoms with E-state index in [0.717, 1.165) is 4.57 Å². The molecule has 2 aromatic rings. The van der Waals surface area contributed by atoms with Crippen molar-refractivity contribution in [1.29, 1.82) is 0 Å². The highest BCUT2D eigenvalue weighted by molar-refractivity contribution is 7.54. The molecule has 0 aromatic carbocycles. The minimum Gasteiger partial charge on any atom is -0.388 e. The second-order valence-corrected chi connectivity index (χ2v) is 10.5. The highest BCUT2D eigenvalue weighted by Crippen LogP contribution is 2.59. The van der Waals surface area contributed by atoms with Gasteiger partial charge in [-0.15, -0.1) is 0 Å². The predicted molar refractivity (Wildman–Crippen MR) is 109 cm³/mol. The van der Waals surface area contributed by atoms with Crippen LogP contribution in [0.15, 0.2) is 17.3 Å². The molecule has 3 rings (SSSR count). The molecule has 4 unspecified atom stereocenters. The fraction of sp³-hybridized carbons (Fsp3) is 0.722. The fourth-order valence-corrected chi connectivity index (χ4v) is 4.80. The Morgan fingerprint density at radius 2 is 1.97 bits per heavy atom. The van der Waals surface area contributed by atoms with Crippen molar-refractivity contribution in [2.24, 2.45) is 0 Å². The predicted octanol–water partition coefficient (Wildman–Crippen LogP) is 0.618. The number of hydrogen-bond acceptors (Lipinski definition) is 9. The van der Waals surface area contributed by atoms with E-state index < -0.39 is 48.8 Å². The molecule has 0 saturated carbocycles. The normalized spacial score (nSPS) is 30.1. The van der Waals surface area contributed by atoms with Crippen LogP contribution in [-0.2, 0) is 13.8 Å². The molecule has 0 spiro atoms. The summed E-state index contributed by atoms with van der Waals surface area (Å²) in [5, 5.41) is 29.4. The van der Waals surface area contributed by atoms with Crippen molar-refractivity contribution in [2.45, 2.75) is 82.4 Å². The second kappa shape index (κ2) is 8.36. The largest absolute Gasteiger partial charge is 0.388 e. The van der Waals surface area contributed by atoms with Gasteiger partial charge in [-0.2, -0.15) is 4.98 Å². The van der Waals surface area contributed by atoms with Crippen molar-refractivity contribution in [3.63, 3.8) is 0 Å². The lowest BCUT2D eigenvalue weighted by atomic mass is 9.93. The highest BCUT2D eigenvalue weighted by atomic mass is 31.2. The van der Waals surface area contributed by atoms with E-state index in [2.05, 4.69) is 15.0 Å². The van der Waals surface area contributed by atoms with Gasteiger partial charge in [-0.05, 0) is 26.7 Å². The van der Waals surface area contributed by atoms with Crippen molar-refractivity contribution in [3.8, 4) is 0 Å². The Morgan fingerprint density at radius 3 is 2.58 bits per heavy atom. The lowest BCUT2D eigenvalue weighted by Gasteiger charge is -2.37. The Hall–Kier alpha value is -1.66. The molecule has 2 aromatic heterocycles. The van der Waals surface area contributed by atoms with Crippen molar-refractivity contribution < 1.29 is 34.0 Å². The number of rotatable bonds is 8. The van der Waals surface area contributed by atoms with Gasteiger partial charge < -0.3 is 34.5 Å². The molecule has 0 amide bonds. The smallest absolute Gasteiger partial charge is 0.359 e. The molecule has 0 aliphatic carbocycles. The minimum atomic E-state index is -4.45. The van der Waals surface area contributed by atoms with Gasteiger partial charge in [0.1, 0.15) is 17.7 Å². The molecule has 3 heterocycles. The first-order valence-corrected chi connectivity index (χ1v) is 11.6. The first-order chi connectivity index (χ1) is 14.3. The van der Waals surface area contributed by atoms with Crippen LogP contribution in [0.4, 0.5) is 0 Å². The number of hydrogen-bond donors (Lipinski definition) is 5. The maximum absolute atomic E-state index is 12.7. The summed E-state index contributed by atoms with van der Waals surface area (Å²) in [6.07, 6.45) is -2.20. The van der Waals surface area contributed by atoms with Crippen molar-refractivity contribution >= 4 is 18.8 Å². The number of fused-ring (bicyclic) bond motifs is 1. The van der Waals surface area contributed by atoms with Gasteiger partial charge in [-0.25, -0.2) is 9.78 Å². The number of aliphatic hydroxyl groups is 3. The highest BCUT2D eigenvalue weighted by Gasteiger charge is 2.50. The van der Waals surface area contributed by atoms with E-state index in [9.17, 15) is 29.6 Å². The molecule has 1 saturated heterocycles. The Bertz CT molecular complexity index is 1040. The average Bonchev–Trinajstić information content (AvgIpc) is 3.26. The fourth-order valence-electron chi connectivity index (χ4n) is 3.40. The van der Waals surface area contributed by atoms with E-state index in [0.29, 0.717) is 5.52 Å². The number of imidazole rings is 1. The van der Waals surface area contributed by atoms with Crippen molar-refractivity contribution in [2.75, 3.05) is 0 Å². The SMILES string of the molecule is CCC(C)(C[C@H]1O[C@@H](n2cc3nc[nH]c3nc2=O)[C@@H](O)C1O)OP(=O)(O)C(C)(O)CC. The van der Waals surface area contributed by atoms with Gasteiger partial charge in [0.15, 0.2) is 17.2 Å². The molecule has 1 fully saturated rings. The van der Waals surface area contributed by atoms with Crippen LogP contribution in [0, 0.1) is 0 Å². The van der Waals surface area contributed by atoms with Crippen LogP contribution in [0.2, 0.25) is 0 Å². The Morgan fingerprint density at radius 1 is 1.29 bits per heavy atom. The van der Waals surface area contributed by atoms with Crippen molar-refractivity contribution in [3.05, 3.63) is 23.0 Å². The van der Waals surface area contributed by atoms with Crippen LogP contribution in [0.5, 0.6) is 0 Å². The molecular formula is C18H29N4O8P. The Labute approximate surface area is 178 Å². The molecule has 1 aliphatic heterocycles. The molecule has 174 valence electrons. The summed E-state index contributed by atoms with van der Waals surface area (Å²) in [6, 6.07) is 0. The summed E-state index contributed by atoms with van der Waals surface area (Å²) >= 11 is 0. The van der Waals surface area contributed by atoms with Gasteiger partial charge in [-0.3, -0.25) is 9.13 Å². The molecule has 0 radical (unpaired) electrons. The molecule has 1 aliphatic rings. The lowest BCUT2D eigenvalue weighted by molar-refractivity contribution is -0.0712. The molecule has 12 nitrogen and oxygen atoms in total. The quantitative estimate of drug-likeness (QED) is 0.350. The lowest BCUT2D eigenvalue weighted by Crippen LogP contribution is -2.40. The maximum Gasteiger partial charge on any atom is 0.359 e. The monoisotopic (exact) mass is 460 g/mol. The number of nitrogens with one attached hydrogen (secondary N) is 1. The zero-order valence-electron chi connectivity index (χ0n) is 17.8. The summed E-state index contributed by atoms with van der Waals surface area (Å²) in [6.45, 7) is 6.05. The van der Waals surface area contributed by atoms with E-state index in [-0.39, 0.29) is 24.9 Å². The summed E-state index contributed by atoms with van der Waals surface area (Å²) in [5.74, 6) is 0. The number of H-pyrrole nitrogens is 1. The third-order valence-corrected chi connectivity index (χ3v) is 8.17. The third kappa shape index (κ3) is 4.47. The first-order valence-electron chi connectivity index (χ1n) is 10.0. The van der Waals surface area contributed by atoms with Crippen LogP contribution in [-0.4, -0.2) is 69.0 Å². The molecular weight excluding hydrogens is 431 g/mol. The molecule has 7 atom stereocenters. The Kier molecular flexibility index (Phi) is 6.47. The summed E-state index contributed by atoms with van der Waals surface area (Å²) < 4.78 is 25.0. The Balaban J connectivity index is 1.83. The number of aliphatic hydroxyl groups excluding tert-OH is 2. The number of aromatic nitrogens is 4. The minimum absolute atomic E-state index is 0.00447. The molecule has 5 N–H and O–H groups in total. The van der Waals surface area contributed by atoms with Gasteiger partial charge in [0.2, 0.25) is 0 Å². The zero-order valence-corrected chi connectivity index (χ0v) is 18.7. The topological polar surface area (TPSA) is 180 Å². The second-order valence-electron chi connectivity index (χ2n) is 8.30. The first kappa shape index (κ1) is 24.0. The maximum atomic E-state index is 12.7. The number of nitrogens with zero attached hydrogens (tertiary/aromatic N) is 3. The summed E-state index contributed by atoms with van der Waals surface area (Å²) in [5.41, 5.74) is -1.32. The molecule has 13 heteroatoms. The molecule has 31 heavy (non-hydrogen) atoms. The third-order valence-electron chi connectivity index (χ3n) is 5.95. The van der Waals surface area contributed by atoms with Crippen LogP contribution >= 0.6 is 7.60 Å². The van der Waals surface area contributed by atoms with E-state index in [4.69, 9.17) is 9.26 Å². The standard InChI is InChI=1S/C18H29N4O8P/c1-5-17(3,30-31(27,28)18(4,26)6-2)7-11-12(23)13(24)15(29-11)22-8-10-14(20-9-19-10)21-16(22)25/h8-9,11-13,15,23-24,26H,5-7H2,1-4H3,(H,27,28)(H,19,20,21,25)/t11-,12?,13+,15-,17?,18?/m1/s1. The van der Waals surface area contributed by atoms with Crippen LogP contribution < -0.4 is 5.69 Å². The van der Waals surface area contributed by atoms with Gasteiger partial charge in [0.25, 0.3) is 0 Å². The van der Waals surface area contributed by atoms with E-state index in [1.54, 1.807) is 20.8 Å². The van der Waals surface area contributed by atoms with Gasteiger partial charge >= 0.3 is 13.3 Å². The van der Waals surface area contributed by atoms with Crippen molar-refractivity contribution in [1.82, 2.24) is 19.5 Å². The van der Waals surface area contributed by atoms with Gasteiger partial charge in [0.05, 0.1) is 18.0 Å². The van der Waals surface area contributed by atoms with Crippen LogP contribution in [0.1, 0.15) is 53.2 Å². The number of ether oxygens (including phenoxy) is 1. The van der Waals surface area contributed by atoms with Gasteiger partial charge in [0, 0.05) is 12.6 Å². The van der Waals surface area contributed by atoms with E-state index in [1.807, 2.05) is 0 Å². The number of aromatic amines is 1. The zero-order chi connectivity index (χ0) is 23.2. The molecule has 0 bridgehead atoms. The average molecular weight is 460 g/mol. The van der Waals surface area contributed by atoms with Crippen LogP contribution in [0.25, 0.3) is 11.2 Å². The van der Waals surface area contributed by atoms with E-state index in [1.165, 1.54) is 19.4 Å². The van der Waals surface area contributed by atoms with E-state index >= 15 is 0 Å². The summed E-state index contributed by atoms with van der Waals surface area (Å²) in [4.78, 5) is 33.2.